The number of nitrogens with one attached hydrogen (secondary N) is 1. The van der Waals surface area contributed by atoms with Gasteiger partial charge in [0.25, 0.3) is 0 Å². The average Bonchev–Trinajstić information content (AvgIpc) is 3.23. The van der Waals surface area contributed by atoms with E-state index in [1.54, 1.807) is 0 Å². The van der Waals surface area contributed by atoms with Gasteiger partial charge in [0.05, 0.1) is 5.69 Å². The molecule has 2 aliphatic rings. The van der Waals surface area contributed by atoms with Gasteiger partial charge in [-0.2, -0.15) is 10.4 Å². The van der Waals surface area contributed by atoms with Crippen molar-refractivity contribution in [2.45, 2.75) is 51.1 Å². The van der Waals surface area contributed by atoms with E-state index in [4.69, 9.17) is 0 Å². The second-order valence-corrected chi connectivity index (χ2v) is 6.05. The normalized spacial score (nSPS) is 22.6. The maximum absolute atomic E-state index is 9.42. The first-order valence-electron chi connectivity index (χ1n) is 7.64. The molecule has 5 heteroatoms. The van der Waals surface area contributed by atoms with Crippen molar-refractivity contribution in [2.24, 2.45) is 7.05 Å². The van der Waals surface area contributed by atoms with Crippen LogP contribution >= 0.6 is 0 Å². The van der Waals surface area contributed by atoms with E-state index in [2.05, 4.69) is 21.4 Å². The topological polar surface area (TPSA) is 56.9 Å². The molecule has 0 aromatic carbocycles. The van der Waals surface area contributed by atoms with Gasteiger partial charge in [0.2, 0.25) is 0 Å². The van der Waals surface area contributed by atoms with E-state index in [1.807, 2.05) is 18.7 Å². The Bertz CT molecular complexity index is 517. The Balaban J connectivity index is 1.85. The van der Waals surface area contributed by atoms with E-state index in [-0.39, 0.29) is 0 Å². The minimum absolute atomic E-state index is 0.547. The first-order valence-corrected chi connectivity index (χ1v) is 7.64. The fraction of sp³-hybridized carbons (Fsp3) is 0.733. The summed E-state index contributed by atoms with van der Waals surface area (Å²) in [4.78, 5) is 2.42. The highest BCUT2D eigenvalue weighted by molar-refractivity contribution is 5.58. The van der Waals surface area contributed by atoms with Crippen molar-refractivity contribution in [2.75, 3.05) is 18.0 Å². The second-order valence-electron chi connectivity index (χ2n) is 6.05. The molecular weight excluding hydrogens is 250 g/mol. The summed E-state index contributed by atoms with van der Waals surface area (Å²) in [7, 11) is 1.95. The Morgan fingerprint density at radius 2 is 2.20 bits per heavy atom. The predicted molar refractivity (Wildman–Crippen MR) is 78.7 cm³/mol. The molecule has 2 heterocycles. The van der Waals surface area contributed by atoms with Crippen molar-refractivity contribution in [1.82, 2.24) is 15.1 Å². The van der Waals surface area contributed by atoms with Crippen LogP contribution in [-0.2, 0) is 7.05 Å². The molecule has 5 nitrogen and oxygen atoms in total. The molecule has 0 amide bonds. The van der Waals surface area contributed by atoms with Crippen molar-refractivity contribution in [1.29, 1.82) is 5.26 Å². The zero-order valence-corrected chi connectivity index (χ0v) is 12.4. The van der Waals surface area contributed by atoms with E-state index in [0.717, 1.165) is 30.2 Å². The Hall–Kier alpha value is -1.54. The molecule has 1 N–H and O–H groups in total. The molecule has 1 unspecified atom stereocenters. The molecule has 2 fully saturated rings. The maximum Gasteiger partial charge on any atom is 0.145 e. The minimum atomic E-state index is 0.547. The van der Waals surface area contributed by atoms with Gasteiger partial charge in [-0.15, -0.1) is 0 Å². The lowest BCUT2D eigenvalue weighted by atomic mass is 10.0. The van der Waals surface area contributed by atoms with Crippen LogP contribution in [0.1, 0.15) is 43.4 Å². The molecule has 1 aliphatic heterocycles. The molecule has 1 aromatic heterocycles. The van der Waals surface area contributed by atoms with Crippen LogP contribution in [0.25, 0.3) is 0 Å². The average molecular weight is 273 g/mol. The number of piperidine rings is 1. The van der Waals surface area contributed by atoms with Crippen LogP contribution in [0.5, 0.6) is 0 Å². The lowest BCUT2D eigenvalue weighted by Gasteiger charge is -2.32. The zero-order chi connectivity index (χ0) is 14.1. The summed E-state index contributed by atoms with van der Waals surface area (Å²) in [5.74, 6) is 1.01. The van der Waals surface area contributed by atoms with E-state index >= 15 is 0 Å². The molecule has 0 spiro atoms. The molecule has 1 atom stereocenters. The lowest BCUT2D eigenvalue weighted by Crippen LogP contribution is -2.45. The largest absolute Gasteiger partial charge is 0.351 e. The SMILES string of the molecule is Cc1nn(C)c(N(CC2CCCCN2)C2CC2)c1C#N. The van der Waals surface area contributed by atoms with Gasteiger partial charge in [-0.05, 0) is 39.2 Å². The highest BCUT2D eigenvalue weighted by Crippen LogP contribution is 2.34. The summed E-state index contributed by atoms with van der Waals surface area (Å²) < 4.78 is 1.88. The smallest absolute Gasteiger partial charge is 0.145 e. The van der Waals surface area contributed by atoms with Crippen LogP contribution in [0.2, 0.25) is 0 Å². The Labute approximate surface area is 120 Å². The van der Waals surface area contributed by atoms with E-state index in [0.29, 0.717) is 12.1 Å². The van der Waals surface area contributed by atoms with Gasteiger partial charge in [-0.25, -0.2) is 0 Å². The number of hydrogen-bond acceptors (Lipinski definition) is 4. The van der Waals surface area contributed by atoms with Crippen molar-refractivity contribution in [3.63, 3.8) is 0 Å². The van der Waals surface area contributed by atoms with Crippen molar-refractivity contribution in [3.8, 4) is 6.07 Å². The Kier molecular flexibility index (Phi) is 3.66. The molecule has 1 saturated heterocycles. The molecule has 108 valence electrons. The van der Waals surface area contributed by atoms with Gasteiger partial charge in [-0.1, -0.05) is 6.42 Å². The van der Waals surface area contributed by atoms with E-state index < -0.39 is 0 Å². The highest BCUT2D eigenvalue weighted by Gasteiger charge is 2.34. The number of aryl methyl sites for hydroxylation is 2. The van der Waals surface area contributed by atoms with Crippen molar-refractivity contribution >= 4 is 5.82 Å². The van der Waals surface area contributed by atoms with Gasteiger partial charge in [-0.3, -0.25) is 4.68 Å². The molecule has 0 bridgehead atoms. The third-order valence-electron chi connectivity index (χ3n) is 4.39. The highest BCUT2D eigenvalue weighted by atomic mass is 15.4. The fourth-order valence-corrected chi connectivity index (χ4v) is 3.22. The van der Waals surface area contributed by atoms with Gasteiger partial charge in [0, 0.05) is 25.7 Å². The van der Waals surface area contributed by atoms with E-state index in [1.165, 1.54) is 32.1 Å². The summed E-state index contributed by atoms with van der Waals surface area (Å²) in [6, 6.07) is 3.48. The third kappa shape index (κ3) is 2.53. The monoisotopic (exact) mass is 273 g/mol. The Morgan fingerprint density at radius 3 is 2.80 bits per heavy atom. The third-order valence-corrected chi connectivity index (χ3v) is 4.39. The van der Waals surface area contributed by atoms with Crippen molar-refractivity contribution < 1.29 is 0 Å². The first-order chi connectivity index (χ1) is 9.70. The van der Waals surface area contributed by atoms with Gasteiger partial charge in [0.15, 0.2) is 0 Å². The molecule has 1 aliphatic carbocycles. The standard InChI is InChI=1S/C15H23N5/c1-11-14(9-16)15(19(2)18-11)20(13-6-7-13)10-12-5-3-4-8-17-12/h12-13,17H,3-8,10H2,1-2H3. The number of rotatable bonds is 4. The number of anilines is 1. The lowest BCUT2D eigenvalue weighted by molar-refractivity contribution is 0.396. The van der Waals surface area contributed by atoms with Crippen LogP contribution in [0.15, 0.2) is 0 Å². The fourth-order valence-electron chi connectivity index (χ4n) is 3.22. The summed E-state index contributed by atoms with van der Waals surface area (Å²) in [5, 5.41) is 17.5. The van der Waals surface area contributed by atoms with Crippen LogP contribution in [0.4, 0.5) is 5.82 Å². The zero-order valence-electron chi connectivity index (χ0n) is 12.4. The van der Waals surface area contributed by atoms with Gasteiger partial charge in [0.1, 0.15) is 17.5 Å². The minimum Gasteiger partial charge on any atom is -0.351 e. The molecule has 20 heavy (non-hydrogen) atoms. The van der Waals surface area contributed by atoms with Gasteiger partial charge < -0.3 is 10.2 Å². The number of nitrogens with zero attached hydrogens (tertiary/aromatic N) is 4. The van der Waals surface area contributed by atoms with Gasteiger partial charge >= 0.3 is 0 Å². The molecule has 1 aromatic rings. The maximum atomic E-state index is 9.42. The first kappa shape index (κ1) is 13.4. The predicted octanol–water partition coefficient (Wildman–Crippen LogP) is 1.71. The van der Waals surface area contributed by atoms with Crippen LogP contribution in [0.3, 0.4) is 0 Å². The summed E-state index contributed by atoms with van der Waals surface area (Å²) in [5.41, 5.74) is 1.59. The number of nitriles is 1. The summed E-state index contributed by atoms with van der Waals surface area (Å²) >= 11 is 0. The quantitative estimate of drug-likeness (QED) is 0.907. The van der Waals surface area contributed by atoms with Crippen LogP contribution in [0, 0.1) is 18.3 Å². The Morgan fingerprint density at radius 1 is 1.40 bits per heavy atom. The number of hydrogen-bond donors (Lipinski definition) is 1. The summed E-state index contributed by atoms with van der Waals surface area (Å²) in [6.07, 6.45) is 6.31. The summed E-state index contributed by atoms with van der Waals surface area (Å²) in [6.45, 7) is 4.04. The molecular formula is C15H23N5. The van der Waals surface area contributed by atoms with Crippen molar-refractivity contribution in [3.05, 3.63) is 11.3 Å². The number of aromatic nitrogens is 2. The molecule has 0 radical (unpaired) electrons. The van der Waals surface area contributed by atoms with Crippen LogP contribution < -0.4 is 10.2 Å². The van der Waals surface area contributed by atoms with Crippen LogP contribution in [-0.4, -0.2) is 35.0 Å². The molecule has 1 saturated carbocycles. The second kappa shape index (κ2) is 5.45. The van der Waals surface area contributed by atoms with E-state index in [9.17, 15) is 5.26 Å². The molecule has 3 rings (SSSR count).